The van der Waals surface area contributed by atoms with Crippen molar-refractivity contribution in [2.45, 2.75) is 13.3 Å². The predicted octanol–water partition coefficient (Wildman–Crippen LogP) is 14.0. The van der Waals surface area contributed by atoms with Gasteiger partial charge in [-0.15, -0.1) is 6.58 Å². The van der Waals surface area contributed by atoms with Crippen LogP contribution < -0.4 is 4.90 Å². The smallest absolute Gasteiger partial charge is 0.0561 e. The Morgan fingerprint density at radius 3 is 1.65 bits per heavy atom. The van der Waals surface area contributed by atoms with Crippen LogP contribution in [0.2, 0.25) is 0 Å². The Morgan fingerprint density at radius 2 is 1.06 bits per heavy atom. The first-order valence-corrected chi connectivity index (χ1v) is 17.9. The van der Waals surface area contributed by atoms with Gasteiger partial charge in [-0.05, 0) is 101 Å². The Balaban J connectivity index is 1.20. The van der Waals surface area contributed by atoms with E-state index < -0.39 is 0 Å². The first-order valence-electron chi connectivity index (χ1n) is 17.9. The molecule has 0 N–H and O–H groups in total. The summed E-state index contributed by atoms with van der Waals surface area (Å²) >= 11 is 0. The molecular weight excluding hydrogens is 629 g/mol. The van der Waals surface area contributed by atoms with E-state index in [1.54, 1.807) is 0 Å². The zero-order valence-electron chi connectivity index (χ0n) is 29.4. The minimum Gasteiger partial charge on any atom is -0.311 e. The first kappa shape index (κ1) is 32.6. The highest BCUT2D eigenvalue weighted by atomic mass is 15.1. The van der Waals surface area contributed by atoms with Crippen LogP contribution in [0.4, 0.5) is 11.4 Å². The van der Waals surface area contributed by atoms with Crippen LogP contribution in [0.5, 0.6) is 0 Å². The lowest BCUT2D eigenvalue weighted by molar-refractivity contribution is 1.16. The summed E-state index contributed by atoms with van der Waals surface area (Å²) in [7, 11) is 0. The number of anilines is 2. The molecule has 0 fully saturated rings. The molecule has 0 bridgehead atoms. The minimum absolute atomic E-state index is 0.814. The van der Waals surface area contributed by atoms with Crippen LogP contribution in [0.1, 0.15) is 13.3 Å². The summed E-state index contributed by atoms with van der Waals surface area (Å²) < 4.78 is 2.40. The monoisotopic (exact) mass is 668 g/mol. The summed E-state index contributed by atoms with van der Waals surface area (Å²) in [5.41, 5.74) is 14.1. The summed E-state index contributed by atoms with van der Waals surface area (Å²) in [4.78, 5) is 2.33. The van der Waals surface area contributed by atoms with E-state index in [-0.39, 0.29) is 0 Å². The molecule has 0 amide bonds. The Bertz CT molecular complexity index is 2520. The predicted molar refractivity (Wildman–Crippen MR) is 223 cm³/mol. The van der Waals surface area contributed by atoms with Crippen molar-refractivity contribution in [3.63, 3.8) is 0 Å². The molecule has 0 radical (unpaired) electrons. The Kier molecular flexibility index (Phi) is 9.19. The van der Waals surface area contributed by atoms with Crippen molar-refractivity contribution in [3.8, 4) is 39.1 Å². The maximum absolute atomic E-state index is 3.90. The Morgan fingerprint density at radius 1 is 0.519 bits per heavy atom. The van der Waals surface area contributed by atoms with Crippen molar-refractivity contribution in [3.05, 3.63) is 213 Å². The highest BCUT2D eigenvalue weighted by Crippen LogP contribution is 2.39. The van der Waals surface area contributed by atoms with E-state index in [2.05, 4.69) is 217 Å². The summed E-state index contributed by atoms with van der Waals surface area (Å²) in [5.74, 6) is 0. The second-order valence-corrected chi connectivity index (χ2v) is 12.9. The van der Waals surface area contributed by atoms with E-state index >= 15 is 0 Å². The SMILES string of the molecule is C=CC/C=C\C(=C/C)N(c1ccccc1)c1ccc2c3cc(-c4ccc(-c5ccc(-c6ccccc6)cc5)cc4)ccc3n(-c3ccccc3)c2c1. The zero-order valence-corrected chi connectivity index (χ0v) is 29.4. The molecule has 0 aliphatic rings. The van der Waals surface area contributed by atoms with Gasteiger partial charge in [-0.1, -0.05) is 146 Å². The molecule has 0 atom stereocenters. The number of aromatic nitrogens is 1. The van der Waals surface area contributed by atoms with Crippen LogP contribution in [0, 0.1) is 0 Å². The van der Waals surface area contributed by atoms with Gasteiger partial charge in [0, 0.05) is 33.5 Å². The van der Waals surface area contributed by atoms with Crippen LogP contribution in [0.25, 0.3) is 60.9 Å². The number of hydrogen-bond donors (Lipinski definition) is 0. The van der Waals surface area contributed by atoms with Gasteiger partial charge in [0.05, 0.1) is 11.0 Å². The molecule has 0 spiro atoms. The summed E-state index contributed by atoms with van der Waals surface area (Å²) in [6.45, 7) is 6.00. The molecule has 52 heavy (non-hydrogen) atoms. The van der Waals surface area contributed by atoms with Gasteiger partial charge in [0.15, 0.2) is 0 Å². The lowest BCUT2D eigenvalue weighted by atomic mass is 9.97. The normalized spacial score (nSPS) is 11.8. The molecule has 0 saturated heterocycles. The second kappa shape index (κ2) is 14.7. The molecule has 8 aromatic rings. The van der Waals surface area contributed by atoms with Gasteiger partial charge in [-0.25, -0.2) is 0 Å². The lowest BCUT2D eigenvalue weighted by Crippen LogP contribution is -2.15. The van der Waals surface area contributed by atoms with Crippen LogP contribution in [0.3, 0.4) is 0 Å². The molecular formula is C50H40N2. The molecule has 2 heteroatoms. The van der Waals surface area contributed by atoms with Crippen LogP contribution in [0.15, 0.2) is 213 Å². The standard InChI is InChI=1S/C50H40N2/c1-3-5-9-18-43(4-2)51(44-19-12-7-13-20-44)46-32-33-47-48-35-42(31-34-49(48)52(50(47)36-46)45-21-14-8-15-22-45)41-29-27-40(28-30-41)39-25-23-38(24-26-39)37-16-10-6-11-17-37/h3-4,6-36H,1,5H2,2H3/b18-9-,43-4+. The van der Waals surface area contributed by atoms with E-state index in [4.69, 9.17) is 0 Å². The van der Waals surface area contributed by atoms with E-state index in [9.17, 15) is 0 Å². The average Bonchev–Trinajstić information content (AvgIpc) is 3.54. The molecule has 0 saturated carbocycles. The summed E-state index contributed by atoms with van der Waals surface area (Å²) in [6.07, 6.45) is 9.25. The third-order valence-electron chi connectivity index (χ3n) is 9.73. The second-order valence-electron chi connectivity index (χ2n) is 12.9. The number of para-hydroxylation sites is 2. The fourth-order valence-corrected chi connectivity index (χ4v) is 7.13. The third-order valence-corrected chi connectivity index (χ3v) is 9.73. The first-order chi connectivity index (χ1) is 25.7. The average molecular weight is 669 g/mol. The van der Waals surface area contributed by atoms with Crippen LogP contribution >= 0.6 is 0 Å². The number of benzene rings is 7. The van der Waals surface area contributed by atoms with Crippen molar-refractivity contribution < 1.29 is 0 Å². The number of allylic oxidation sites excluding steroid dienone is 4. The molecule has 0 unspecified atom stereocenters. The zero-order chi connectivity index (χ0) is 35.3. The van der Waals surface area contributed by atoms with Crippen molar-refractivity contribution in [1.29, 1.82) is 0 Å². The molecule has 0 aliphatic heterocycles. The maximum atomic E-state index is 3.90. The van der Waals surface area contributed by atoms with Crippen LogP contribution in [-0.2, 0) is 0 Å². The van der Waals surface area contributed by atoms with Crippen molar-refractivity contribution in [2.24, 2.45) is 0 Å². The van der Waals surface area contributed by atoms with Gasteiger partial charge in [0.25, 0.3) is 0 Å². The van der Waals surface area contributed by atoms with Crippen molar-refractivity contribution in [1.82, 2.24) is 4.57 Å². The number of nitrogens with zero attached hydrogens (tertiary/aromatic N) is 2. The van der Waals surface area contributed by atoms with Gasteiger partial charge in [-0.3, -0.25) is 0 Å². The lowest BCUT2D eigenvalue weighted by Gasteiger charge is -2.26. The van der Waals surface area contributed by atoms with Crippen LogP contribution in [-0.4, -0.2) is 4.57 Å². The number of fused-ring (bicyclic) bond motifs is 3. The summed E-state index contributed by atoms with van der Waals surface area (Å²) in [6, 6.07) is 63.3. The van der Waals surface area contributed by atoms with Gasteiger partial charge in [0.1, 0.15) is 0 Å². The quantitative estimate of drug-likeness (QED) is 0.104. The van der Waals surface area contributed by atoms with E-state index in [1.165, 1.54) is 49.7 Å². The van der Waals surface area contributed by atoms with E-state index in [0.29, 0.717) is 0 Å². The molecule has 0 aliphatic carbocycles. The molecule has 8 rings (SSSR count). The highest BCUT2D eigenvalue weighted by molar-refractivity contribution is 6.11. The number of hydrogen-bond acceptors (Lipinski definition) is 1. The minimum atomic E-state index is 0.814. The number of rotatable bonds is 10. The van der Waals surface area contributed by atoms with E-state index in [1.807, 2.05) is 6.08 Å². The van der Waals surface area contributed by atoms with Gasteiger partial charge < -0.3 is 9.47 Å². The van der Waals surface area contributed by atoms with Gasteiger partial charge in [0.2, 0.25) is 0 Å². The summed E-state index contributed by atoms with van der Waals surface area (Å²) in [5, 5.41) is 2.45. The molecule has 1 aromatic heterocycles. The fraction of sp³-hybridized carbons (Fsp3) is 0.0400. The third kappa shape index (κ3) is 6.39. The maximum Gasteiger partial charge on any atom is 0.0561 e. The highest BCUT2D eigenvalue weighted by Gasteiger charge is 2.18. The van der Waals surface area contributed by atoms with Crippen molar-refractivity contribution >= 4 is 33.2 Å². The van der Waals surface area contributed by atoms with Gasteiger partial charge >= 0.3 is 0 Å². The molecule has 1 heterocycles. The molecule has 250 valence electrons. The van der Waals surface area contributed by atoms with Gasteiger partial charge in [-0.2, -0.15) is 0 Å². The Hall–Kier alpha value is -6.64. The Labute approximate surface area is 306 Å². The molecule has 2 nitrogen and oxygen atoms in total. The van der Waals surface area contributed by atoms with E-state index in [0.717, 1.165) is 34.7 Å². The molecule has 7 aromatic carbocycles. The van der Waals surface area contributed by atoms with Crippen molar-refractivity contribution in [2.75, 3.05) is 4.90 Å². The largest absolute Gasteiger partial charge is 0.311 e. The fourth-order valence-electron chi connectivity index (χ4n) is 7.13. The topological polar surface area (TPSA) is 8.17 Å².